The number of phenolic OH excluding ortho intramolecular Hbond substituents is 1. The summed E-state index contributed by atoms with van der Waals surface area (Å²) >= 11 is 0. The number of amides is 1. The number of aromatic hydroxyl groups is 1. The first-order valence-electron chi connectivity index (χ1n) is 13.1. The minimum atomic E-state index is -2.74. The molecule has 0 radical (unpaired) electrons. The molecule has 7 N–H and O–H groups in total. The van der Waals surface area contributed by atoms with E-state index in [1.807, 2.05) is 0 Å². The van der Waals surface area contributed by atoms with Gasteiger partial charge in [0.2, 0.25) is 5.91 Å². The van der Waals surface area contributed by atoms with Crippen LogP contribution in [0.15, 0.2) is 30.3 Å². The molecule has 2 aromatic carbocycles. The van der Waals surface area contributed by atoms with Gasteiger partial charge < -0.3 is 36.4 Å². The maximum atomic E-state index is 14.0. The van der Waals surface area contributed by atoms with Crippen molar-refractivity contribution in [2.24, 2.45) is 29.4 Å². The van der Waals surface area contributed by atoms with E-state index >= 15 is 0 Å². The molecular weight excluding hydrogens is 534 g/mol. The molecule has 0 saturated heterocycles. The molecule has 2 fully saturated rings. The van der Waals surface area contributed by atoms with Crippen molar-refractivity contribution in [2.45, 2.75) is 30.6 Å². The van der Waals surface area contributed by atoms with Crippen molar-refractivity contribution < 1.29 is 44.0 Å². The maximum Gasteiger partial charge on any atom is 0.337 e. The van der Waals surface area contributed by atoms with Crippen LogP contribution in [0, 0.1) is 23.7 Å². The highest BCUT2D eigenvalue weighted by Crippen LogP contribution is 2.52. The largest absolute Gasteiger partial charge is 0.507 e. The van der Waals surface area contributed by atoms with Crippen LogP contribution in [0.4, 0.5) is 5.69 Å². The zero-order valence-electron chi connectivity index (χ0n) is 22.7. The van der Waals surface area contributed by atoms with E-state index in [0.29, 0.717) is 16.7 Å². The van der Waals surface area contributed by atoms with Gasteiger partial charge in [-0.2, -0.15) is 0 Å². The molecule has 3 aliphatic carbocycles. The molecule has 41 heavy (non-hydrogen) atoms. The number of hydrogen-bond acceptors (Lipinski definition) is 11. The van der Waals surface area contributed by atoms with Crippen LogP contribution >= 0.6 is 0 Å². The van der Waals surface area contributed by atoms with Gasteiger partial charge in [0, 0.05) is 17.6 Å². The number of methoxy groups -OCH3 is 1. The zero-order chi connectivity index (χ0) is 30.1. The Morgan fingerprint density at radius 2 is 1.78 bits per heavy atom. The first kappa shape index (κ1) is 28.4. The number of likely N-dealkylation sites (N-methyl/N-ethyl adjacent to an activating group) is 1. The van der Waals surface area contributed by atoms with Gasteiger partial charge in [0.1, 0.15) is 11.7 Å². The number of phenols is 1. The lowest BCUT2D eigenvalue weighted by Gasteiger charge is -2.54. The maximum absolute atomic E-state index is 14.0. The van der Waals surface area contributed by atoms with E-state index in [1.165, 1.54) is 24.1 Å². The predicted octanol–water partition coefficient (Wildman–Crippen LogP) is -0.305. The standard InChI is InChI=1S/C29H31N3O9/c1-32(2)22-17-10-12-9-16-15(11-6-13(28(39)41-3)8-14(30)7-11)4-5-18(33)20(16)23(34)19(12)25(36)29(17,40)26(37)21(24(22)35)27(31)38/h4-8,12,17,19,21-22,24,33,35,40H,9-10,30H2,1-3H3,(H2,31,38)/t12-,17-,19?,21?,22-,24?,29-/m1/s1. The van der Waals surface area contributed by atoms with Crippen LogP contribution in [0.3, 0.4) is 0 Å². The summed E-state index contributed by atoms with van der Waals surface area (Å²) in [6, 6.07) is 6.44. The van der Waals surface area contributed by atoms with Crippen molar-refractivity contribution in [3.05, 3.63) is 47.0 Å². The summed E-state index contributed by atoms with van der Waals surface area (Å²) in [5.74, 6) is -10.5. The van der Waals surface area contributed by atoms with Gasteiger partial charge >= 0.3 is 5.97 Å². The Morgan fingerprint density at radius 1 is 1.10 bits per heavy atom. The summed E-state index contributed by atoms with van der Waals surface area (Å²) in [4.78, 5) is 67.2. The molecule has 3 aliphatic rings. The van der Waals surface area contributed by atoms with Crippen LogP contribution < -0.4 is 11.5 Å². The topological polar surface area (TPSA) is 211 Å². The van der Waals surface area contributed by atoms with Gasteiger partial charge in [-0.25, -0.2) is 4.79 Å². The SMILES string of the molecule is COC(=O)c1cc(N)cc(-c2ccc(O)c3c2C[C@@H]2C[C@@H]4[C@@H](N(C)C)C(O)C(C(N)=O)C(=O)[C@]4(O)C(=O)C2C3=O)c1. The van der Waals surface area contributed by atoms with E-state index in [0.717, 1.165) is 0 Å². The molecule has 2 saturated carbocycles. The number of fused-ring (bicyclic) bond motifs is 3. The number of ether oxygens (including phenoxy) is 1. The number of benzene rings is 2. The van der Waals surface area contributed by atoms with E-state index in [4.69, 9.17) is 16.2 Å². The Bertz CT molecular complexity index is 1520. The summed E-state index contributed by atoms with van der Waals surface area (Å²) in [5, 5.41) is 33.5. The number of aliphatic hydroxyl groups is 2. The molecule has 12 heteroatoms. The molecular formula is C29H31N3O9. The molecule has 5 rings (SSSR count). The van der Waals surface area contributed by atoms with E-state index in [-0.39, 0.29) is 29.7 Å². The summed E-state index contributed by atoms with van der Waals surface area (Å²) in [5.41, 5.74) is 10.4. The first-order chi connectivity index (χ1) is 19.2. The lowest BCUT2D eigenvalue weighted by atomic mass is 9.52. The molecule has 0 heterocycles. The van der Waals surface area contributed by atoms with Crippen molar-refractivity contribution in [3.63, 3.8) is 0 Å². The fourth-order valence-corrected chi connectivity index (χ4v) is 7.14. The number of esters is 1. The van der Waals surface area contributed by atoms with Gasteiger partial charge in [-0.3, -0.25) is 19.2 Å². The number of Topliss-reactive ketones (excluding diaryl/α,β-unsaturated/α-hetero) is 3. The van der Waals surface area contributed by atoms with Crippen LogP contribution in [0.5, 0.6) is 5.75 Å². The fraction of sp³-hybridized carbons (Fsp3) is 0.414. The molecule has 2 aromatic rings. The number of ketones is 3. The van der Waals surface area contributed by atoms with Gasteiger partial charge in [-0.05, 0) is 73.8 Å². The fourth-order valence-electron chi connectivity index (χ4n) is 7.14. The predicted molar refractivity (Wildman–Crippen MR) is 144 cm³/mol. The van der Waals surface area contributed by atoms with Crippen molar-refractivity contribution in [1.29, 1.82) is 0 Å². The van der Waals surface area contributed by atoms with E-state index < -0.39 is 76.4 Å². The average Bonchev–Trinajstić information content (AvgIpc) is 2.89. The van der Waals surface area contributed by atoms with Crippen LogP contribution in [-0.2, 0) is 25.5 Å². The monoisotopic (exact) mass is 565 g/mol. The summed E-state index contributed by atoms with van der Waals surface area (Å²) in [6.45, 7) is 0. The molecule has 0 bridgehead atoms. The number of aliphatic hydroxyl groups excluding tert-OH is 1. The van der Waals surface area contributed by atoms with E-state index in [2.05, 4.69) is 0 Å². The Morgan fingerprint density at radius 3 is 2.39 bits per heavy atom. The van der Waals surface area contributed by atoms with E-state index in [1.54, 1.807) is 32.3 Å². The number of nitrogen functional groups attached to an aromatic ring is 1. The average molecular weight is 566 g/mol. The van der Waals surface area contributed by atoms with Crippen molar-refractivity contribution in [3.8, 4) is 16.9 Å². The lowest BCUT2D eigenvalue weighted by molar-refractivity contribution is -0.190. The number of rotatable bonds is 4. The highest BCUT2D eigenvalue weighted by atomic mass is 16.5. The Labute approximate surface area is 234 Å². The molecule has 12 nitrogen and oxygen atoms in total. The number of nitrogens with two attached hydrogens (primary N) is 2. The minimum absolute atomic E-state index is 0.0192. The molecule has 0 aliphatic heterocycles. The van der Waals surface area contributed by atoms with Crippen molar-refractivity contribution in [1.82, 2.24) is 4.90 Å². The third kappa shape index (κ3) is 4.04. The number of anilines is 1. The second-order valence-corrected chi connectivity index (χ2v) is 11.3. The van der Waals surface area contributed by atoms with Gasteiger partial charge in [0.05, 0.1) is 30.3 Å². The molecule has 3 unspecified atom stereocenters. The summed E-state index contributed by atoms with van der Waals surface area (Å²) in [7, 11) is 4.39. The second-order valence-electron chi connectivity index (χ2n) is 11.3. The van der Waals surface area contributed by atoms with Crippen LogP contribution in [-0.4, -0.2) is 88.4 Å². The zero-order valence-corrected chi connectivity index (χ0v) is 22.7. The normalized spacial score (nSPS) is 30.8. The summed E-state index contributed by atoms with van der Waals surface area (Å²) in [6.07, 6.45) is -1.51. The number of carbonyl (C=O) groups excluding carboxylic acids is 5. The van der Waals surface area contributed by atoms with Crippen LogP contribution in [0.2, 0.25) is 0 Å². The van der Waals surface area contributed by atoms with Gasteiger partial charge in [-0.15, -0.1) is 0 Å². The number of primary amides is 1. The van der Waals surface area contributed by atoms with Gasteiger partial charge in [0.25, 0.3) is 0 Å². The molecule has 216 valence electrons. The highest BCUT2D eigenvalue weighted by molar-refractivity contribution is 6.25. The molecule has 0 aromatic heterocycles. The Balaban J connectivity index is 1.66. The number of hydrogen-bond donors (Lipinski definition) is 5. The lowest BCUT2D eigenvalue weighted by Crippen LogP contribution is -2.75. The smallest absolute Gasteiger partial charge is 0.337 e. The third-order valence-corrected chi connectivity index (χ3v) is 8.86. The summed E-state index contributed by atoms with van der Waals surface area (Å²) < 4.78 is 4.81. The van der Waals surface area contributed by atoms with Crippen molar-refractivity contribution >= 4 is 34.9 Å². The third-order valence-electron chi connectivity index (χ3n) is 8.86. The van der Waals surface area contributed by atoms with Crippen LogP contribution in [0.1, 0.15) is 32.7 Å². The molecule has 0 spiro atoms. The molecule has 1 amide bonds. The number of nitrogens with zero attached hydrogens (tertiary/aromatic N) is 1. The van der Waals surface area contributed by atoms with Crippen LogP contribution in [0.25, 0.3) is 11.1 Å². The highest BCUT2D eigenvalue weighted by Gasteiger charge is 2.69. The quantitative estimate of drug-likeness (QED) is 0.184. The minimum Gasteiger partial charge on any atom is -0.507 e. The Kier molecular flexibility index (Phi) is 6.76. The number of carbonyl (C=O) groups is 5. The van der Waals surface area contributed by atoms with Gasteiger partial charge in [-0.1, -0.05) is 6.07 Å². The van der Waals surface area contributed by atoms with E-state index in [9.17, 15) is 39.3 Å². The second kappa shape index (κ2) is 9.75. The Hall–Kier alpha value is -4.13. The van der Waals surface area contributed by atoms with Crippen molar-refractivity contribution in [2.75, 3.05) is 26.9 Å². The first-order valence-corrected chi connectivity index (χ1v) is 13.1. The molecule has 7 atom stereocenters. The van der Waals surface area contributed by atoms with Gasteiger partial charge in [0.15, 0.2) is 23.0 Å².